The van der Waals surface area contributed by atoms with Crippen molar-refractivity contribution in [2.24, 2.45) is 4.99 Å². The SMILES string of the molecule is Cc1cc2ccc1CCS(=O)(=O)N1CCC3(CC1)N=C(NC3=O)c1cc(cc(C(F)(F)F)c1)OCC/C=C\CN(C)C2=O. The highest BCUT2D eigenvalue weighted by atomic mass is 32.2. The number of halogens is 3. The number of hydrogen-bond donors (Lipinski definition) is 1. The number of aryl methyl sites for hydroxylation is 2. The minimum absolute atomic E-state index is 0.00163. The lowest BCUT2D eigenvalue weighted by molar-refractivity contribution is -0.137. The molecular formula is C30H33F3N4O5S. The number of piperidine rings is 1. The van der Waals surface area contributed by atoms with Crippen LogP contribution < -0.4 is 10.1 Å². The zero-order valence-corrected chi connectivity index (χ0v) is 24.7. The summed E-state index contributed by atoms with van der Waals surface area (Å²) in [4.78, 5) is 32.1. The number of hydrogen-bond acceptors (Lipinski definition) is 6. The van der Waals surface area contributed by atoms with Gasteiger partial charge in [-0.3, -0.25) is 14.6 Å². The molecule has 2 amide bonds. The van der Waals surface area contributed by atoms with E-state index >= 15 is 0 Å². The van der Waals surface area contributed by atoms with Gasteiger partial charge in [0.25, 0.3) is 11.8 Å². The Morgan fingerprint density at radius 1 is 1.02 bits per heavy atom. The molecule has 1 saturated heterocycles. The molecule has 0 aromatic heterocycles. The molecular weight excluding hydrogens is 585 g/mol. The zero-order chi connectivity index (χ0) is 31.0. The molecule has 0 unspecified atom stereocenters. The molecule has 13 heteroatoms. The highest BCUT2D eigenvalue weighted by Gasteiger charge is 2.47. The van der Waals surface area contributed by atoms with E-state index in [-0.39, 0.29) is 67.8 Å². The first-order chi connectivity index (χ1) is 20.3. The number of nitrogens with zero attached hydrogens (tertiary/aromatic N) is 3. The summed E-state index contributed by atoms with van der Waals surface area (Å²) in [5.41, 5.74) is -0.0445. The van der Waals surface area contributed by atoms with E-state index in [1.807, 2.05) is 6.92 Å². The number of ether oxygens (including phenoxy) is 1. The average molecular weight is 619 g/mol. The van der Waals surface area contributed by atoms with Crippen LogP contribution >= 0.6 is 0 Å². The topological polar surface area (TPSA) is 108 Å². The third kappa shape index (κ3) is 6.62. The molecule has 5 heterocycles. The van der Waals surface area contributed by atoms with Gasteiger partial charge in [-0.25, -0.2) is 12.7 Å². The van der Waals surface area contributed by atoms with Crippen molar-refractivity contribution in [1.82, 2.24) is 14.5 Å². The second kappa shape index (κ2) is 11.8. The minimum Gasteiger partial charge on any atom is -0.493 e. The molecule has 1 spiro atoms. The molecule has 2 aromatic carbocycles. The van der Waals surface area contributed by atoms with Crippen LogP contribution in [0.5, 0.6) is 5.75 Å². The molecule has 0 aliphatic carbocycles. The van der Waals surface area contributed by atoms with Gasteiger partial charge in [0.1, 0.15) is 17.1 Å². The van der Waals surface area contributed by atoms with E-state index in [1.165, 1.54) is 15.3 Å². The molecule has 5 aliphatic heterocycles. The van der Waals surface area contributed by atoms with Crippen LogP contribution in [0.4, 0.5) is 13.2 Å². The van der Waals surface area contributed by atoms with Crippen LogP contribution in [0.1, 0.15) is 51.9 Å². The Morgan fingerprint density at radius 2 is 1.77 bits per heavy atom. The normalized spacial score (nSPS) is 25.5. The Kier molecular flexibility index (Phi) is 8.41. The van der Waals surface area contributed by atoms with Crippen LogP contribution in [-0.4, -0.2) is 79.9 Å². The maximum Gasteiger partial charge on any atom is 0.416 e. The third-order valence-corrected chi connectivity index (χ3v) is 9.97. The van der Waals surface area contributed by atoms with Gasteiger partial charge >= 0.3 is 6.18 Å². The number of carbonyl (C=O) groups is 2. The molecule has 2 aromatic rings. The van der Waals surface area contributed by atoms with Crippen LogP contribution in [0.15, 0.2) is 53.5 Å². The summed E-state index contributed by atoms with van der Waals surface area (Å²) < 4.78 is 74.6. The van der Waals surface area contributed by atoms with Crippen molar-refractivity contribution in [1.29, 1.82) is 0 Å². The van der Waals surface area contributed by atoms with Gasteiger partial charge in [0.05, 0.1) is 17.9 Å². The number of sulfonamides is 1. The predicted molar refractivity (Wildman–Crippen MR) is 155 cm³/mol. The number of amides is 2. The summed E-state index contributed by atoms with van der Waals surface area (Å²) in [6.45, 7) is 2.34. The largest absolute Gasteiger partial charge is 0.493 e. The molecule has 0 atom stereocenters. The first kappa shape index (κ1) is 30.7. The van der Waals surface area contributed by atoms with E-state index in [4.69, 9.17) is 4.74 Å². The molecule has 1 fully saturated rings. The second-order valence-corrected chi connectivity index (χ2v) is 13.2. The third-order valence-electron chi connectivity index (χ3n) is 8.10. The fraction of sp³-hybridized carbons (Fsp3) is 0.433. The Labute approximate surface area is 248 Å². The Bertz CT molecular complexity index is 1600. The molecule has 230 valence electrons. The smallest absolute Gasteiger partial charge is 0.416 e. The van der Waals surface area contributed by atoms with Gasteiger partial charge in [-0.05, 0) is 74.1 Å². The van der Waals surface area contributed by atoms with Gasteiger partial charge in [-0.2, -0.15) is 13.2 Å². The number of alkyl halides is 3. The average Bonchev–Trinajstić information content (AvgIpc) is 3.27. The van der Waals surface area contributed by atoms with Crippen molar-refractivity contribution in [2.45, 2.75) is 44.3 Å². The highest BCUT2D eigenvalue weighted by Crippen LogP contribution is 2.36. The molecule has 5 aliphatic rings. The summed E-state index contributed by atoms with van der Waals surface area (Å²) in [5.74, 6) is -0.842. The fourth-order valence-corrected chi connectivity index (χ4v) is 6.96. The predicted octanol–water partition coefficient (Wildman–Crippen LogP) is 3.71. The monoisotopic (exact) mass is 618 g/mol. The van der Waals surface area contributed by atoms with Crippen molar-refractivity contribution in [2.75, 3.05) is 39.0 Å². The Balaban J connectivity index is 1.46. The Morgan fingerprint density at radius 3 is 2.47 bits per heavy atom. The summed E-state index contributed by atoms with van der Waals surface area (Å²) in [6, 6.07) is 8.42. The number of benzene rings is 2. The van der Waals surface area contributed by atoms with E-state index in [0.29, 0.717) is 18.5 Å². The van der Waals surface area contributed by atoms with Crippen molar-refractivity contribution in [3.05, 3.63) is 76.4 Å². The van der Waals surface area contributed by atoms with E-state index < -0.39 is 33.2 Å². The van der Waals surface area contributed by atoms with Crippen molar-refractivity contribution >= 4 is 27.7 Å². The number of nitrogens with one attached hydrogen (secondary N) is 1. The van der Waals surface area contributed by atoms with E-state index in [0.717, 1.165) is 23.3 Å². The van der Waals surface area contributed by atoms with Crippen LogP contribution in [-0.2, 0) is 27.4 Å². The number of carbonyl (C=O) groups excluding carboxylic acids is 2. The van der Waals surface area contributed by atoms with Gasteiger partial charge in [-0.15, -0.1) is 0 Å². The molecule has 0 radical (unpaired) electrons. The molecule has 43 heavy (non-hydrogen) atoms. The quantitative estimate of drug-likeness (QED) is 0.453. The molecule has 7 rings (SSSR count). The van der Waals surface area contributed by atoms with E-state index in [1.54, 1.807) is 37.4 Å². The van der Waals surface area contributed by atoms with Crippen LogP contribution in [0.3, 0.4) is 0 Å². The number of fused-ring (bicyclic) bond motifs is 2. The molecule has 7 bridgehead atoms. The molecule has 1 N–H and O–H groups in total. The number of rotatable bonds is 0. The highest BCUT2D eigenvalue weighted by molar-refractivity contribution is 7.89. The summed E-state index contributed by atoms with van der Waals surface area (Å²) in [5, 5.41) is 2.62. The van der Waals surface area contributed by atoms with Gasteiger partial charge in [0.15, 0.2) is 0 Å². The molecule has 0 saturated carbocycles. The fourth-order valence-electron chi connectivity index (χ4n) is 5.49. The van der Waals surface area contributed by atoms with Crippen LogP contribution in [0, 0.1) is 6.92 Å². The van der Waals surface area contributed by atoms with E-state index in [2.05, 4.69) is 10.3 Å². The van der Waals surface area contributed by atoms with Gasteiger partial charge in [0.2, 0.25) is 10.0 Å². The number of amidine groups is 1. The summed E-state index contributed by atoms with van der Waals surface area (Å²) in [7, 11) is -2.02. The maximum absolute atomic E-state index is 13.7. The first-order valence-electron chi connectivity index (χ1n) is 14.0. The maximum atomic E-state index is 13.7. The summed E-state index contributed by atoms with van der Waals surface area (Å²) >= 11 is 0. The molecule has 9 nitrogen and oxygen atoms in total. The lowest BCUT2D eigenvalue weighted by Crippen LogP contribution is -2.50. The van der Waals surface area contributed by atoms with Gasteiger partial charge < -0.3 is 15.0 Å². The number of likely N-dealkylation sites (N-methyl/N-ethyl adjacent to an activating group) is 1. The first-order valence-corrected chi connectivity index (χ1v) is 15.6. The van der Waals surface area contributed by atoms with Crippen LogP contribution in [0.25, 0.3) is 0 Å². The van der Waals surface area contributed by atoms with Crippen molar-refractivity contribution < 1.29 is 35.9 Å². The van der Waals surface area contributed by atoms with E-state index in [9.17, 15) is 31.2 Å². The van der Waals surface area contributed by atoms with Gasteiger partial charge in [-0.1, -0.05) is 18.2 Å². The Hall–Kier alpha value is -3.71. The lowest BCUT2D eigenvalue weighted by atomic mass is 9.89. The van der Waals surface area contributed by atoms with Crippen molar-refractivity contribution in [3.8, 4) is 5.75 Å². The zero-order valence-electron chi connectivity index (χ0n) is 23.9. The van der Waals surface area contributed by atoms with Crippen molar-refractivity contribution in [3.63, 3.8) is 0 Å². The minimum atomic E-state index is -4.66. The number of aliphatic imine (C=N–C) groups is 1. The standard InChI is InChI=1S/C30H33F3N4O5S/c1-20-16-22-7-6-21(20)8-15-43(40,41)37-12-9-29(10-13-37)28(39)34-26(35-29)23-17-24(30(31,32)33)19-25(18-23)42-14-5-3-4-11-36(2)27(22)38/h3-4,6-7,16-19H,5,8-15H2,1-2H3,(H,34,35,39)/b4-3-. The summed E-state index contributed by atoms with van der Waals surface area (Å²) in [6.07, 6.45) is -0.266. The van der Waals surface area contributed by atoms with Gasteiger partial charge in [0, 0.05) is 37.8 Å². The lowest BCUT2D eigenvalue weighted by Gasteiger charge is -2.34. The second-order valence-electron chi connectivity index (χ2n) is 11.1. The van der Waals surface area contributed by atoms with Crippen LogP contribution in [0.2, 0.25) is 0 Å².